The van der Waals surface area contributed by atoms with E-state index in [2.05, 4.69) is 7.05 Å². The molecule has 0 amide bonds. The normalized spacial score (nSPS) is 30.0. The Morgan fingerprint density at radius 2 is 1.87 bits per heavy atom. The summed E-state index contributed by atoms with van der Waals surface area (Å²) in [4.78, 5) is 12.1. The van der Waals surface area contributed by atoms with Gasteiger partial charge in [0.1, 0.15) is 0 Å². The predicted octanol–water partition coefficient (Wildman–Crippen LogP) is 0.185. The fourth-order valence-electron chi connectivity index (χ4n) is 4.44. The average molecular weight is 429 g/mol. The number of nitrogens with zero attached hydrogens (tertiary/aromatic N) is 1. The highest BCUT2D eigenvalue weighted by molar-refractivity contribution is 5.72. The summed E-state index contributed by atoms with van der Waals surface area (Å²) in [7, 11) is 2.40. The molecule has 0 aliphatic carbocycles. The van der Waals surface area contributed by atoms with Gasteiger partial charge in [-0.2, -0.15) is 0 Å². The van der Waals surface area contributed by atoms with E-state index in [0.717, 1.165) is 5.56 Å². The molecule has 23 heavy (non-hydrogen) atoms. The first-order chi connectivity index (χ1) is 10.7. The van der Waals surface area contributed by atoms with Gasteiger partial charge in [0.15, 0.2) is 0 Å². The quantitative estimate of drug-likeness (QED) is 0.388. The molecule has 128 valence electrons. The molecule has 0 aromatic heterocycles. The number of ether oxygens (including phenoxy) is 1. The van der Waals surface area contributed by atoms with Crippen LogP contribution in [0.4, 0.5) is 0 Å². The number of hydrogen-bond acceptors (Lipinski definition) is 2. The van der Waals surface area contributed by atoms with Crippen LogP contribution in [0.1, 0.15) is 37.7 Å². The first kappa shape index (κ1) is 18.7. The van der Waals surface area contributed by atoms with E-state index >= 15 is 0 Å². The third kappa shape index (κ3) is 4.69. The summed E-state index contributed by atoms with van der Waals surface area (Å²) in [5.74, 6) is 0.473. The molecule has 4 heteroatoms. The van der Waals surface area contributed by atoms with Crippen LogP contribution in [0.25, 0.3) is 0 Å². The number of fused-ring (bicyclic) bond motifs is 1. The number of piperidine rings is 2. The Hall–Kier alpha value is -0.620. The number of rotatable bonds is 4. The van der Waals surface area contributed by atoms with Crippen LogP contribution in [-0.4, -0.2) is 43.2 Å². The van der Waals surface area contributed by atoms with Gasteiger partial charge in [-0.25, -0.2) is 0 Å². The molecule has 1 unspecified atom stereocenters. The minimum absolute atomic E-state index is 0. The maximum atomic E-state index is 12.1. The standard InChI is InChI=1S/C19H28NO2.HI/c1-20-12-6-5-11-18(20)17(10-7-13-20)15-22-19(21)14-16-8-3-2-4-9-16;/h2-4,8-9,17-18H,5-7,10-15H2,1H3;1H/q+1;/p-1/t17-,18+,20?;/m0./s1. The molecule has 0 radical (unpaired) electrons. The highest BCUT2D eigenvalue weighted by atomic mass is 127. The van der Waals surface area contributed by atoms with Crippen LogP contribution in [0.5, 0.6) is 0 Å². The minimum Gasteiger partial charge on any atom is -1.00 e. The van der Waals surface area contributed by atoms with Gasteiger partial charge in [-0.3, -0.25) is 4.79 Å². The fourth-order valence-corrected chi connectivity index (χ4v) is 4.44. The van der Waals surface area contributed by atoms with Crippen LogP contribution in [0.3, 0.4) is 0 Å². The Morgan fingerprint density at radius 3 is 2.65 bits per heavy atom. The summed E-state index contributed by atoms with van der Waals surface area (Å²) in [5.41, 5.74) is 1.04. The van der Waals surface area contributed by atoms with Crippen LogP contribution >= 0.6 is 0 Å². The van der Waals surface area contributed by atoms with Crippen molar-refractivity contribution in [1.29, 1.82) is 0 Å². The summed E-state index contributed by atoms with van der Waals surface area (Å²) in [6.45, 7) is 3.22. The van der Waals surface area contributed by atoms with E-state index in [1.54, 1.807) is 0 Å². The first-order valence-corrected chi connectivity index (χ1v) is 8.71. The molecule has 3 rings (SSSR count). The largest absolute Gasteiger partial charge is 1.00 e. The Labute approximate surface area is 157 Å². The van der Waals surface area contributed by atoms with E-state index in [4.69, 9.17) is 4.74 Å². The molecule has 1 aromatic rings. The zero-order chi connectivity index (χ0) is 15.4. The second-order valence-electron chi connectivity index (χ2n) is 7.24. The van der Waals surface area contributed by atoms with Gasteiger partial charge in [0.05, 0.1) is 39.2 Å². The number of quaternary nitrogens is 1. The molecule has 2 saturated heterocycles. The lowest BCUT2D eigenvalue weighted by molar-refractivity contribution is -0.947. The Bertz CT molecular complexity index is 503. The molecule has 0 N–H and O–H groups in total. The van der Waals surface area contributed by atoms with Crippen molar-refractivity contribution in [2.75, 3.05) is 26.7 Å². The smallest absolute Gasteiger partial charge is 0.310 e. The molecule has 0 spiro atoms. The van der Waals surface area contributed by atoms with Gasteiger partial charge in [0, 0.05) is 12.3 Å². The molecule has 3 nitrogen and oxygen atoms in total. The summed E-state index contributed by atoms with van der Waals surface area (Å²) < 4.78 is 6.84. The van der Waals surface area contributed by atoms with Gasteiger partial charge in [0.25, 0.3) is 0 Å². The van der Waals surface area contributed by atoms with E-state index in [1.807, 2.05) is 30.3 Å². The van der Waals surface area contributed by atoms with Gasteiger partial charge in [0.2, 0.25) is 0 Å². The number of esters is 1. The molecule has 2 aliphatic rings. The molecular formula is C19H28INO2. The number of carbonyl (C=O) groups excluding carboxylic acids is 1. The predicted molar refractivity (Wildman–Crippen MR) is 87.4 cm³/mol. The SMILES string of the molecule is C[N+]12CCCC[C@@H]1[C@H](COC(=O)Cc1ccccc1)CCC2.[I-]. The van der Waals surface area contributed by atoms with Gasteiger partial charge in [-0.05, 0) is 31.2 Å². The maximum absolute atomic E-state index is 12.1. The van der Waals surface area contributed by atoms with Gasteiger partial charge in [-0.15, -0.1) is 0 Å². The highest BCUT2D eigenvalue weighted by Crippen LogP contribution is 2.36. The zero-order valence-electron chi connectivity index (χ0n) is 14.0. The minimum atomic E-state index is -0.0817. The number of halogens is 1. The van der Waals surface area contributed by atoms with E-state index in [-0.39, 0.29) is 29.9 Å². The number of benzene rings is 1. The molecule has 0 saturated carbocycles. The van der Waals surface area contributed by atoms with Gasteiger partial charge in [-0.1, -0.05) is 30.3 Å². The van der Waals surface area contributed by atoms with Crippen molar-refractivity contribution in [3.63, 3.8) is 0 Å². The molecule has 2 fully saturated rings. The van der Waals surface area contributed by atoms with Gasteiger partial charge >= 0.3 is 5.97 Å². The van der Waals surface area contributed by atoms with E-state index < -0.39 is 0 Å². The fraction of sp³-hybridized carbons (Fsp3) is 0.632. The topological polar surface area (TPSA) is 26.3 Å². The van der Waals surface area contributed by atoms with Crippen LogP contribution < -0.4 is 24.0 Å². The second kappa shape index (κ2) is 8.47. The molecular weight excluding hydrogens is 401 g/mol. The Balaban J connectivity index is 0.00000192. The molecule has 0 bridgehead atoms. The van der Waals surface area contributed by atoms with Crippen LogP contribution in [0, 0.1) is 5.92 Å². The van der Waals surface area contributed by atoms with Crippen molar-refractivity contribution in [2.24, 2.45) is 5.92 Å². The van der Waals surface area contributed by atoms with E-state index in [9.17, 15) is 4.79 Å². The highest BCUT2D eigenvalue weighted by Gasteiger charge is 2.43. The molecule has 2 heterocycles. The van der Waals surface area contributed by atoms with E-state index in [1.165, 1.54) is 49.7 Å². The molecule has 1 aromatic carbocycles. The Morgan fingerprint density at radius 1 is 1.13 bits per heavy atom. The lowest BCUT2D eigenvalue weighted by Gasteiger charge is -2.51. The number of hydrogen-bond donors (Lipinski definition) is 0. The molecule has 2 aliphatic heterocycles. The van der Waals surface area contributed by atoms with Crippen molar-refractivity contribution >= 4 is 5.97 Å². The van der Waals surface area contributed by atoms with Crippen molar-refractivity contribution in [3.05, 3.63) is 35.9 Å². The number of carbonyl (C=O) groups is 1. The Kier molecular flexibility index (Phi) is 6.89. The summed E-state index contributed by atoms with van der Waals surface area (Å²) >= 11 is 0. The van der Waals surface area contributed by atoms with Crippen molar-refractivity contribution in [2.45, 2.75) is 44.6 Å². The van der Waals surface area contributed by atoms with Crippen LogP contribution in [0.2, 0.25) is 0 Å². The third-order valence-corrected chi connectivity index (χ3v) is 5.66. The van der Waals surface area contributed by atoms with Gasteiger partial charge < -0.3 is 33.2 Å². The van der Waals surface area contributed by atoms with Crippen LogP contribution in [-0.2, 0) is 16.0 Å². The third-order valence-electron chi connectivity index (χ3n) is 5.66. The summed E-state index contributed by atoms with van der Waals surface area (Å²) in [6, 6.07) is 10.6. The van der Waals surface area contributed by atoms with E-state index in [0.29, 0.717) is 25.0 Å². The second-order valence-corrected chi connectivity index (χ2v) is 7.24. The lowest BCUT2D eigenvalue weighted by Crippen LogP contribution is -3.00. The van der Waals surface area contributed by atoms with Crippen molar-refractivity contribution in [3.8, 4) is 0 Å². The summed E-state index contributed by atoms with van der Waals surface area (Å²) in [6.07, 6.45) is 6.88. The average Bonchev–Trinajstić information content (AvgIpc) is 2.53. The van der Waals surface area contributed by atoms with Crippen molar-refractivity contribution in [1.82, 2.24) is 0 Å². The maximum Gasteiger partial charge on any atom is 0.310 e. The summed E-state index contributed by atoms with van der Waals surface area (Å²) in [5, 5.41) is 0. The lowest BCUT2D eigenvalue weighted by atomic mass is 9.82. The first-order valence-electron chi connectivity index (χ1n) is 8.71. The molecule has 3 atom stereocenters. The zero-order valence-corrected chi connectivity index (χ0v) is 16.2. The van der Waals surface area contributed by atoms with Crippen molar-refractivity contribution < 1.29 is 38.0 Å². The van der Waals surface area contributed by atoms with Crippen LogP contribution in [0.15, 0.2) is 30.3 Å². The monoisotopic (exact) mass is 429 g/mol.